The zero-order chi connectivity index (χ0) is 13.7. The van der Waals surface area contributed by atoms with Gasteiger partial charge in [0.2, 0.25) is 5.91 Å². The quantitative estimate of drug-likeness (QED) is 0.829. The first-order valence-corrected chi connectivity index (χ1v) is 7.14. The lowest BCUT2D eigenvalue weighted by Gasteiger charge is -2.35. The third-order valence-electron chi connectivity index (χ3n) is 4.31. The molecule has 1 saturated heterocycles. The Kier molecular flexibility index (Phi) is 4.58. The van der Waals surface area contributed by atoms with Crippen LogP contribution in [0.15, 0.2) is 12.3 Å². The first-order valence-electron chi connectivity index (χ1n) is 7.14. The first-order chi connectivity index (χ1) is 9.18. The Labute approximate surface area is 114 Å². The fourth-order valence-electron chi connectivity index (χ4n) is 2.78. The van der Waals surface area contributed by atoms with Crippen LogP contribution in [0.2, 0.25) is 0 Å². The van der Waals surface area contributed by atoms with Crippen molar-refractivity contribution in [2.75, 3.05) is 19.6 Å². The summed E-state index contributed by atoms with van der Waals surface area (Å²) in [6.07, 6.45) is 5.44. The molecular weight excluding hydrogens is 240 g/mol. The molecule has 1 aromatic heterocycles. The van der Waals surface area contributed by atoms with Gasteiger partial charge in [-0.3, -0.25) is 9.48 Å². The molecule has 0 bridgehead atoms. The van der Waals surface area contributed by atoms with Crippen molar-refractivity contribution in [1.29, 1.82) is 0 Å². The SMILES string of the molecule is CCC1(C(=O)NCCc2ccnn2C)CCNCC1. The van der Waals surface area contributed by atoms with Crippen LogP contribution < -0.4 is 10.6 Å². The monoisotopic (exact) mass is 264 g/mol. The second kappa shape index (κ2) is 6.19. The number of nitrogens with one attached hydrogen (secondary N) is 2. The number of amides is 1. The van der Waals surface area contributed by atoms with E-state index in [0.29, 0.717) is 6.54 Å². The molecule has 5 heteroatoms. The molecule has 0 saturated carbocycles. The summed E-state index contributed by atoms with van der Waals surface area (Å²) in [5.41, 5.74) is 0.994. The lowest BCUT2D eigenvalue weighted by atomic mass is 9.76. The molecule has 1 fully saturated rings. The highest BCUT2D eigenvalue weighted by molar-refractivity contribution is 5.82. The third-order valence-corrected chi connectivity index (χ3v) is 4.31. The average molecular weight is 264 g/mol. The number of rotatable bonds is 5. The van der Waals surface area contributed by atoms with Gasteiger partial charge in [0.15, 0.2) is 0 Å². The normalized spacial score (nSPS) is 18.2. The van der Waals surface area contributed by atoms with Gasteiger partial charge >= 0.3 is 0 Å². The highest BCUT2D eigenvalue weighted by atomic mass is 16.2. The molecule has 106 valence electrons. The maximum absolute atomic E-state index is 12.4. The zero-order valence-electron chi connectivity index (χ0n) is 11.9. The average Bonchev–Trinajstić information content (AvgIpc) is 2.85. The van der Waals surface area contributed by atoms with Gasteiger partial charge in [0.25, 0.3) is 0 Å². The fourth-order valence-corrected chi connectivity index (χ4v) is 2.78. The molecular formula is C14H24N4O. The molecule has 0 aliphatic carbocycles. The first kappa shape index (κ1) is 14.1. The minimum Gasteiger partial charge on any atom is -0.355 e. The molecule has 0 radical (unpaired) electrons. The minimum absolute atomic E-state index is 0.155. The number of carbonyl (C=O) groups is 1. The Bertz CT molecular complexity index is 421. The maximum Gasteiger partial charge on any atom is 0.226 e. The van der Waals surface area contributed by atoms with E-state index in [0.717, 1.165) is 44.5 Å². The molecule has 19 heavy (non-hydrogen) atoms. The Hall–Kier alpha value is -1.36. The van der Waals surface area contributed by atoms with Gasteiger partial charge in [-0.1, -0.05) is 6.92 Å². The van der Waals surface area contributed by atoms with Crippen LogP contribution >= 0.6 is 0 Å². The molecule has 2 heterocycles. The molecule has 0 spiro atoms. The van der Waals surface area contributed by atoms with Crippen LogP contribution in [0.25, 0.3) is 0 Å². The van der Waals surface area contributed by atoms with Crippen LogP contribution in [0.4, 0.5) is 0 Å². The summed E-state index contributed by atoms with van der Waals surface area (Å²) in [5, 5.41) is 10.6. The molecule has 2 N–H and O–H groups in total. The topological polar surface area (TPSA) is 59.0 Å². The Morgan fingerprint density at radius 1 is 1.53 bits per heavy atom. The van der Waals surface area contributed by atoms with Gasteiger partial charge < -0.3 is 10.6 Å². The summed E-state index contributed by atoms with van der Waals surface area (Å²) in [5.74, 6) is 0.221. The Morgan fingerprint density at radius 2 is 2.26 bits per heavy atom. The predicted octanol–water partition coefficient (Wildman–Crippen LogP) is 0.859. The predicted molar refractivity (Wildman–Crippen MR) is 74.7 cm³/mol. The van der Waals surface area contributed by atoms with E-state index in [1.165, 1.54) is 0 Å². The van der Waals surface area contributed by atoms with Crippen molar-refractivity contribution in [2.24, 2.45) is 12.5 Å². The van der Waals surface area contributed by atoms with Crippen LogP contribution in [0.5, 0.6) is 0 Å². The van der Waals surface area contributed by atoms with Crippen molar-refractivity contribution in [1.82, 2.24) is 20.4 Å². The van der Waals surface area contributed by atoms with E-state index in [4.69, 9.17) is 0 Å². The molecule has 1 aliphatic heterocycles. The van der Waals surface area contributed by atoms with Gasteiger partial charge in [0.05, 0.1) is 5.41 Å². The van der Waals surface area contributed by atoms with E-state index < -0.39 is 0 Å². The van der Waals surface area contributed by atoms with E-state index in [2.05, 4.69) is 22.7 Å². The van der Waals surface area contributed by atoms with Crippen LogP contribution in [0.1, 0.15) is 31.9 Å². The summed E-state index contributed by atoms with van der Waals surface area (Å²) in [6.45, 7) is 4.70. The molecule has 5 nitrogen and oxygen atoms in total. The fraction of sp³-hybridized carbons (Fsp3) is 0.714. The molecule has 0 aromatic carbocycles. The van der Waals surface area contributed by atoms with Crippen molar-refractivity contribution in [3.05, 3.63) is 18.0 Å². The zero-order valence-corrected chi connectivity index (χ0v) is 11.9. The molecule has 1 aliphatic rings. The summed E-state index contributed by atoms with van der Waals surface area (Å²) >= 11 is 0. The lowest BCUT2D eigenvalue weighted by Crippen LogP contribution is -2.47. The van der Waals surface area contributed by atoms with Crippen LogP contribution in [-0.4, -0.2) is 35.3 Å². The van der Waals surface area contributed by atoms with Gasteiger partial charge in [0.1, 0.15) is 0 Å². The van der Waals surface area contributed by atoms with Crippen molar-refractivity contribution < 1.29 is 4.79 Å². The summed E-state index contributed by atoms with van der Waals surface area (Å²) < 4.78 is 1.85. The second-order valence-corrected chi connectivity index (χ2v) is 5.34. The number of aromatic nitrogens is 2. The van der Waals surface area contributed by atoms with Crippen molar-refractivity contribution >= 4 is 5.91 Å². The number of hydrogen-bond donors (Lipinski definition) is 2. The van der Waals surface area contributed by atoms with Gasteiger partial charge in [-0.15, -0.1) is 0 Å². The van der Waals surface area contributed by atoms with Crippen LogP contribution in [0.3, 0.4) is 0 Å². The van der Waals surface area contributed by atoms with Crippen LogP contribution in [-0.2, 0) is 18.3 Å². The molecule has 1 amide bonds. The highest BCUT2D eigenvalue weighted by Gasteiger charge is 2.37. The molecule has 1 aromatic rings. The van der Waals surface area contributed by atoms with Crippen molar-refractivity contribution in [2.45, 2.75) is 32.6 Å². The van der Waals surface area contributed by atoms with Crippen molar-refractivity contribution in [3.8, 4) is 0 Å². The number of aryl methyl sites for hydroxylation is 1. The molecule has 2 rings (SSSR count). The van der Waals surface area contributed by atoms with E-state index in [1.807, 2.05) is 17.8 Å². The van der Waals surface area contributed by atoms with Crippen LogP contribution in [0, 0.1) is 5.41 Å². The number of piperidine rings is 1. The van der Waals surface area contributed by atoms with E-state index in [1.54, 1.807) is 6.20 Å². The maximum atomic E-state index is 12.4. The minimum atomic E-state index is -0.155. The van der Waals surface area contributed by atoms with Gasteiger partial charge in [-0.05, 0) is 38.4 Å². The van der Waals surface area contributed by atoms with Gasteiger partial charge in [-0.2, -0.15) is 5.10 Å². The summed E-state index contributed by atoms with van der Waals surface area (Å²) in [4.78, 5) is 12.4. The number of nitrogens with zero attached hydrogens (tertiary/aromatic N) is 2. The molecule has 0 atom stereocenters. The standard InChI is InChI=1S/C14H24N4O/c1-3-14(6-10-15-11-7-14)13(19)16-8-4-12-5-9-17-18(12)2/h5,9,15H,3-4,6-8,10-11H2,1-2H3,(H,16,19). The van der Waals surface area contributed by atoms with E-state index in [9.17, 15) is 4.79 Å². The summed E-state index contributed by atoms with van der Waals surface area (Å²) in [6, 6.07) is 1.99. The largest absolute Gasteiger partial charge is 0.355 e. The summed E-state index contributed by atoms with van der Waals surface area (Å²) in [7, 11) is 1.93. The Balaban J connectivity index is 1.84. The second-order valence-electron chi connectivity index (χ2n) is 5.34. The van der Waals surface area contributed by atoms with E-state index >= 15 is 0 Å². The lowest BCUT2D eigenvalue weighted by molar-refractivity contribution is -0.132. The molecule has 0 unspecified atom stereocenters. The third kappa shape index (κ3) is 3.15. The smallest absolute Gasteiger partial charge is 0.226 e. The van der Waals surface area contributed by atoms with Crippen molar-refractivity contribution in [3.63, 3.8) is 0 Å². The highest BCUT2D eigenvalue weighted by Crippen LogP contribution is 2.32. The van der Waals surface area contributed by atoms with E-state index in [-0.39, 0.29) is 11.3 Å². The van der Waals surface area contributed by atoms with Gasteiger partial charge in [0, 0.05) is 31.9 Å². The number of hydrogen-bond acceptors (Lipinski definition) is 3. The Morgan fingerprint density at radius 3 is 2.84 bits per heavy atom. The van der Waals surface area contributed by atoms with Gasteiger partial charge in [-0.25, -0.2) is 0 Å². The number of carbonyl (C=O) groups excluding carboxylic acids is 1.